The first-order chi connectivity index (χ1) is 8.20. The van der Waals surface area contributed by atoms with Crippen molar-refractivity contribution in [1.29, 1.82) is 5.26 Å². The quantitative estimate of drug-likeness (QED) is 0.876. The number of para-hydroxylation sites is 1. The minimum Gasteiger partial charge on any atom is -0.339 e. The first kappa shape index (κ1) is 11.4. The molecule has 0 atom stereocenters. The van der Waals surface area contributed by atoms with Gasteiger partial charge in [0.2, 0.25) is 0 Å². The maximum atomic E-state index is 9.02. The largest absolute Gasteiger partial charge is 0.339 e. The lowest BCUT2D eigenvalue weighted by atomic mass is 10.2. The Kier molecular flexibility index (Phi) is 3.27. The molecule has 3 nitrogen and oxygen atoms in total. The van der Waals surface area contributed by atoms with Crippen molar-refractivity contribution in [1.82, 2.24) is 4.98 Å². The molecule has 0 bridgehead atoms. The number of hydrogen-bond acceptors (Lipinski definition) is 3. The fourth-order valence-corrected chi connectivity index (χ4v) is 1.57. The second-order valence-corrected chi connectivity index (χ2v) is 3.96. The highest BCUT2D eigenvalue weighted by Gasteiger charge is 2.07. The molecule has 0 saturated carbocycles. The van der Waals surface area contributed by atoms with E-state index in [4.69, 9.17) is 16.9 Å². The highest BCUT2D eigenvalue weighted by atomic mass is 35.5. The number of rotatable bonds is 2. The van der Waals surface area contributed by atoms with E-state index in [1.54, 1.807) is 13.0 Å². The van der Waals surface area contributed by atoms with Crippen LogP contribution in [0.5, 0.6) is 0 Å². The molecule has 0 fully saturated rings. The first-order valence-electron chi connectivity index (χ1n) is 5.10. The molecule has 1 aromatic carbocycles. The summed E-state index contributed by atoms with van der Waals surface area (Å²) in [6.45, 7) is 1.81. The Balaban J connectivity index is 2.40. The number of benzene rings is 1. The third-order valence-electron chi connectivity index (χ3n) is 2.31. The van der Waals surface area contributed by atoms with Crippen LogP contribution in [0, 0.1) is 18.3 Å². The van der Waals surface area contributed by atoms with Gasteiger partial charge in [-0.15, -0.1) is 0 Å². The number of hydrogen-bond donors (Lipinski definition) is 1. The highest BCUT2D eigenvalue weighted by Crippen LogP contribution is 2.23. The van der Waals surface area contributed by atoms with Crippen LogP contribution in [0.1, 0.15) is 11.3 Å². The number of nitrogens with zero attached hydrogens (tertiary/aromatic N) is 2. The second kappa shape index (κ2) is 4.86. The van der Waals surface area contributed by atoms with E-state index in [2.05, 4.69) is 16.4 Å². The van der Waals surface area contributed by atoms with Crippen LogP contribution in [-0.2, 0) is 0 Å². The minimum atomic E-state index is 0.435. The van der Waals surface area contributed by atoms with Crippen LogP contribution >= 0.6 is 11.6 Å². The van der Waals surface area contributed by atoms with Crippen molar-refractivity contribution in [3.05, 3.63) is 52.7 Å². The van der Waals surface area contributed by atoms with Gasteiger partial charge < -0.3 is 5.32 Å². The zero-order chi connectivity index (χ0) is 12.3. The Morgan fingerprint density at radius 2 is 2.00 bits per heavy atom. The lowest BCUT2D eigenvalue weighted by Gasteiger charge is -2.08. The van der Waals surface area contributed by atoms with Crippen molar-refractivity contribution in [2.75, 3.05) is 5.32 Å². The standard InChI is InChI=1S/C13H10ClN3/c1-9-12(14)7-10(8-15)13(16-9)17-11-5-3-2-4-6-11/h2-7H,1H3,(H,16,17). The van der Waals surface area contributed by atoms with Crippen LogP contribution in [0.15, 0.2) is 36.4 Å². The predicted molar refractivity (Wildman–Crippen MR) is 68.4 cm³/mol. The van der Waals surface area contributed by atoms with Gasteiger partial charge in [-0.05, 0) is 25.1 Å². The molecular formula is C13H10ClN3. The predicted octanol–water partition coefficient (Wildman–Crippen LogP) is 3.66. The smallest absolute Gasteiger partial charge is 0.148 e. The molecule has 0 radical (unpaired) electrons. The molecule has 0 aliphatic carbocycles. The molecule has 0 saturated heterocycles. The molecule has 2 rings (SSSR count). The molecule has 17 heavy (non-hydrogen) atoms. The third-order valence-corrected chi connectivity index (χ3v) is 2.69. The van der Waals surface area contributed by atoms with Crippen LogP contribution in [0.3, 0.4) is 0 Å². The van der Waals surface area contributed by atoms with E-state index >= 15 is 0 Å². The van der Waals surface area contributed by atoms with Crippen molar-refractivity contribution in [3.8, 4) is 6.07 Å². The Morgan fingerprint density at radius 1 is 1.29 bits per heavy atom. The van der Waals surface area contributed by atoms with E-state index in [1.165, 1.54) is 0 Å². The first-order valence-corrected chi connectivity index (χ1v) is 5.48. The average molecular weight is 244 g/mol. The third kappa shape index (κ3) is 2.55. The highest BCUT2D eigenvalue weighted by molar-refractivity contribution is 6.31. The van der Waals surface area contributed by atoms with Crippen LogP contribution in [0.2, 0.25) is 5.02 Å². The van der Waals surface area contributed by atoms with Crippen LogP contribution in [-0.4, -0.2) is 4.98 Å². The number of aryl methyl sites for hydroxylation is 1. The SMILES string of the molecule is Cc1nc(Nc2ccccc2)c(C#N)cc1Cl. The number of aromatic nitrogens is 1. The number of pyridine rings is 1. The molecule has 0 aliphatic heterocycles. The molecule has 1 N–H and O–H groups in total. The molecule has 0 amide bonds. The Bertz CT molecular complexity index is 573. The topological polar surface area (TPSA) is 48.7 Å². The molecule has 0 aliphatic rings. The maximum Gasteiger partial charge on any atom is 0.148 e. The average Bonchev–Trinajstić information content (AvgIpc) is 2.35. The second-order valence-electron chi connectivity index (χ2n) is 3.55. The molecule has 1 aromatic heterocycles. The lowest BCUT2D eigenvalue weighted by Crippen LogP contribution is -1.98. The van der Waals surface area contributed by atoms with Gasteiger partial charge in [-0.25, -0.2) is 4.98 Å². The van der Waals surface area contributed by atoms with E-state index in [9.17, 15) is 0 Å². The number of anilines is 2. The van der Waals surface area contributed by atoms with Crippen molar-refractivity contribution in [3.63, 3.8) is 0 Å². The molecular weight excluding hydrogens is 234 g/mol. The monoisotopic (exact) mass is 243 g/mol. The molecule has 1 heterocycles. The molecule has 0 spiro atoms. The Morgan fingerprint density at radius 3 is 2.65 bits per heavy atom. The number of halogens is 1. The van der Waals surface area contributed by atoms with Gasteiger partial charge in [-0.3, -0.25) is 0 Å². The molecule has 2 aromatic rings. The van der Waals surface area contributed by atoms with Crippen molar-refractivity contribution < 1.29 is 0 Å². The number of nitriles is 1. The summed E-state index contributed by atoms with van der Waals surface area (Å²) in [5.41, 5.74) is 2.02. The zero-order valence-electron chi connectivity index (χ0n) is 9.24. The van der Waals surface area contributed by atoms with Gasteiger partial charge in [-0.1, -0.05) is 29.8 Å². The van der Waals surface area contributed by atoms with Crippen LogP contribution in [0.25, 0.3) is 0 Å². The summed E-state index contributed by atoms with van der Waals surface area (Å²) in [5, 5.41) is 12.6. The van der Waals surface area contributed by atoms with Gasteiger partial charge in [0, 0.05) is 5.69 Å². The summed E-state index contributed by atoms with van der Waals surface area (Å²) >= 11 is 5.93. The van der Waals surface area contributed by atoms with E-state index in [-0.39, 0.29) is 0 Å². The Labute approximate surface area is 105 Å². The molecule has 4 heteroatoms. The fraction of sp³-hybridized carbons (Fsp3) is 0.0769. The lowest BCUT2D eigenvalue weighted by molar-refractivity contribution is 1.19. The van der Waals surface area contributed by atoms with Crippen LogP contribution < -0.4 is 5.32 Å². The Hall–Kier alpha value is -2.05. The van der Waals surface area contributed by atoms with Gasteiger partial charge in [0.15, 0.2) is 0 Å². The van der Waals surface area contributed by atoms with Gasteiger partial charge in [0.25, 0.3) is 0 Å². The minimum absolute atomic E-state index is 0.435. The van der Waals surface area contributed by atoms with Crippen molar-refractivity contribution in [2.24, 2.45) is 0 Å². The summed E-state index contributed by atoms with van der Waals surface area (Å²) in [6, 6.07) is 13.3. The van der Waals surface area contributed by atoms with E-state index in [0.717, 1.165) is 5.69 Å². The molecule has 84 valence electrons. The van der Waals surface area contributed by atoms with Gasteiger partial charge in [0.1, 0.15) is 11.9 Å². The summed E-state index contributed by atoms with van der Waals surface area (Å²) in [5.74, 6) is 0.528. The summed E-state index contributed by atoms with van der Waals surface area (Å²) in [4.78, 5) is 4.27. The summed E-state index contributed by atoms with van der Waals surface area (Å²) < 4.78 is 0. The van der Waals surface area contributed by atoms with E-state index in [1.807, 2.05) is 30.3 Å². The van der Waals surface area contributed by atoms with Gasteiger partial charge in [0.05, 0.1) is 16.3 Å². The van der Waals surface area contributed by atoms with Gasteiger partial charge >= 0.3 is 0 Å². The zero-order valence-corrected chi connectivity index (χ0v) is 9.99. The van der Waals surface area contributed by atoms with E-state index in [0.29, 0.717) is 22.1 Å². The van der Waals surface area contributed by atoms with Crippen molar-refractivity contribution >= 4 is 23.1 Å². The van der Waals surface area contributed by atoms with E-state index < -0.39 is 0 Å². The maximum absolute atomic E-state index is 9.02. The summed E-state index contributed by atoms with van der Waals surface area (Å²) in [6.07, 6.45) is 0. The van der Waals surface area contributed by atoms with Crippen molar-refractivity contribution in [2.45, 2.75) is 6.92 Å². The fourth-order valence-electron chi connectivity index (χ4n) is 1.42. The van der Waals surface area contributed by atoms with Crippen LogP contribution in [0.4, 0.5) is 11.5 Å². The molecule has 0 unspecified atom stereocenters. The number of nitrogens with one attached hydrogen (secondary N) is 1. The summed E-state index contributed by atoms with van der Waals surface area (Å²) in [7, 11) is 0. The normalized spacial score (nSPS) is 9.71. The van der Waals surface area contributed by atoms with Gasteiger partial charge in [-0.2, -0.15) is 5.26 Å².